The molecule has 1 heterocycles. The number of hydrogen-bond acceptors (Lipinski definition) is 4. The Bertz CT molecular complexity index is 282. The van der Waals surface area contributed by atoms with Crippen LogP contribution in [0, 0.1) is 6.92 Å². The average molecular weight is 286 g/mol. The third kappa shape index (κ3) is 3.45. The largest absolute Gasteiger partial charge is 0.340 e. The topological polar surface area (TPSA) is 29.0 Å². The Morgan fingerprint density at radius 1 is 1.50 bits per heavy atom. The lowest BCUT2D eigenvalue weighted by molar-refractivity contribution is 0.155. The van der Waals surface area contributed by atoms with Crippen molar-refractivity contribution in [1.29, 1.82) is 0 Å². The molecule has 0 spiro atoms. The van der Waals surface area contributed by atoms with E-state index in [1.54, 1.807) is 6.92 Å². The van der Waals surface area contributed by atoms with Crippen LogP contribution in [0.1, 0.15) is 5.01 Å². The Labute approximate surface area is 93.3 Å². The highest BCUT2D eigenvalue weighted by molar-refractivity contribution is 9.09. The Hall–Kier alpha value is -0.300. The van der Waals surface area contributed by atoms with E-state index in [-0.39, 0.29) is 6.54 Å². The summed E-state index contributed by atoms with van der Waals surface area (Å²) in [6.07, 6.45) is -2.35. The maximum absolute atomic E-state index is 12.2. The van der Waals surface area contributed by atoms with Crippen LogP contribution in [0.3, 0.4) is 0 Å². The first-order valence-electron chi connectivity index (χ1n) is 4.02. The molecule has 0 aliphatic heterocycles. The van der Waals surface area contributed by atoms with Crippen LogP contribution in [-0.4, -0.2) is 35.0 Å². The van der Waals surface area contributed by atoms with E-state index in [2.05, 4.69) is 26.1 Å². The lowest BCUT2D eigenvalue weighted by atomic mass is 10.5. The van der Waals surface area contributed by atoms with Crippen molar-refractivity contribution in [2.45, 2.75) is 13.3 Å². The zero-order valence-corrected chi connectivity index (χ0v) is 9.98. The first kappa shape index (κ1) is 11.8. The lowest BCUT2D eigenvalue weighted by Gasteiger charge is -2.19. The summed E-state index contributed by atoms with van der Waals surface area (Å²) in [6, 6.07) is 0. The lowest BCUT2D eigenvalue weighted by Crippen LogP contribution is -2.30. The van der Waals surface area contributed by atoms with Crippen molar-refractivity contribution in [2.75, 3.05) is 23.3 Å². The Balaban J connectivity index is 2.66. The summed E-state index contributed by atoms with van der Waals surface area (Å²) in [6.45, 7) is 2.02. The van der Waals surface area contributed by atoms with Crippen LogP contribution < -0.4 is 4.90 Å². The minimum atomic E-state index is -2.35. The van der Waals surface area contributed by atoms with Gasteiger partial charge in [0.2, 0.25) is 5.13 Å². The zero-order chi connectivity index (χ0) is 10.6. The molecular weight excluding hydrogens is 276 g/mol. The average Bonchev–Trinajstić information content (AvgIpc) is 2.50. The first-order valence-corrected chi connectivity index (χ1v) is 5.96. The highest BCUT2D eigenvalue weighted by Gasteiger charge is 2.15. The van der Waals surface area contributed by atoms with Gasteiger partial charge in [-0.05, 0) is 6.92 Å². The SMILES string of the molecule is Cc1nnc(N(CCBr)CC(F)F)s1. The molecule has 3 nitrogen and oxygen atoms in total. The molecule has 0 saturated heterocycles. The van der Waals surface area contributed by atoms with Crippen LogP contribution in [0.4, 0.5) is 13.9 Å². The monoisotopic (exact) mass is 285 g/mol. The summed E-state index contributed by atoms with van der Waals surface area (Å²) >= 11 is 4.54. The van der Waals surface area contributed by atoms with E-state index in [4.69, 9.17) is 0 Å². The molecule has 0 aliphatic carbocycles. The molecule has 1 aromatic heterocycles. The van der Waals surface area contributed by atoms with Crippen molar-refractivity contribution in [3.05, 3.63) is 5.01 Å². The molecular formula is C7H10BrF2N3S. The zero-order valence-electron chi connectivity index (χ0n) is 7.58. The summed E-state index contributed by atoms with van der Waals surface area (Å²) in [5, 5.41) is 9.60. The molecule has 7 heteroatoms. The Kier molecular flexibility index (Phi) is 4.67. The van der Waals surface area contributed by atoms with Gasteiger partial charge in [0, 0.05) is 11.9 Å². The third-order valence-electron chi connectivity index (χ3n) is 1.50. The van der Waals surface area contributed by atoms with Gasteiger partial charge in [-0.2, -0.15) is 0 Å². The van der Waals surface area contributed by atoms with Gasteiger partial charge in [0.25, 0.3) is 6.43 Å². The van der Waals surface area contributed by atoms with Crippen LogP contribution >= 0.6 is 27.3 Å². The van der Waals surface area contributed by atoms with E-state index in [9.17, 15) is 8.78 Å². The molecule has 0 atom stereocenters. The molecule has 1 rings (SSSR count). The van der Waals surface area contributed by atoms with Gasteiger partial charge in [0.1, 0.15) is 5.01 Å². The van der Waals surface area contributed by atoms with Crippen LogP contribution in [0.25, 0.3) is 0 Å². The van der Waals surface area contributed by atoms with Gasteiger partial charge in [0.05, 0.1) is 6.54 Å². The summed E-state index contributed by atoms with van der Waals surface area (Å²) in [4.78, 5) is 1.53. The minimum absolute atomic E-state index is 0.291. The first-order chi connectivity index (χ1) is 6.63. The van der Waals surface area contributed by atoms with Crippen LogP contribution in [0.15, 0.2) is 0 Å². The highest BCUT2D eigenvalue weighted by Crippen LogP contribution is 2.20. The van der Waals surface area contributed by atoms with E-state index < -0.39 is 6.43 Å². The van der Waals surface area contributed by atoms with Gasteiger partial charge in [-0.15, -0.1) is 10.2 Å². The molecule has 0 unspecified atom stereocenters. The fourth-order valence-electron chi connectivity index (χ4n) is 0.948. The second kappa shape index (κ2) is 5.55. The van der Waals surface area contributed by atoms with Crippen molar-refractivity contribution in [2.24, 2.45) is 0 Å². The quantitative estimate of drug-likeness (QED) is 0.778. The number of halogens is 3. The second-order valence-electron chi connectivity index (χ2n) is 2.63. The number of aryl methyl sites for hydroxylation is 1. The van der Waals surface area contributed by atoms with E-state index in [0.717, 1.165) is 5.01 Å². The van der Waals surface area contributed by atoms with Crippen LogP contribution in [0.5, 0.6) is 0 Å². The summed E-state index contributed by atoms with van der Waals surface area (Å²) in [5.41, 5.74) is 0. The molecule has 1 aromatic rings. The molecule has 0 N–H and O–H groups in total. The standard InChI is InChI=1S/C7H10BrF2N3S/c1-5-11-12-7(14-5)13(3-2-8)4-6(9)10/h6H,2-4H2,1H3. The van der Waals surface area contributed by atoms with Crippen LogP contribution in [-0.2, 0) is 0 Å². The Morgan fingerprint density at radius 2 is 2.21 bits per heavy atom. The smallest absolute Gasteiger partial charge is 0.255 e. The van der Waals surface area contributed by atoms with Gasteiger partial charge >= 0.3 is 0 Å². The second-order valence-corrected chi connectivity index (χ2v) is 4.58. The molecule has 0 bridgehead atoms. The molecule has 0 amide bonds. The molecule has 80 valence electrons. The fourth-order valence-corrected chi connectivity index (χ4v) is 2.10. The third-order valence-corrected chi connectivity index (χ3v) is 2.75. The van der Waals surface area contributed by atoms with Gasteiger partial charge < -0.3 is 4.90 Å². The normalized spacial score (nSPS) is 10.9. The minimum Gasteiger partial charge on any atom is -0.340 e. The van der Waals surface area contributed by atoms with Crippen LogP contribution in [0.2, 0.25) is 0 Å². The van der Waals surface area contributed by atoms with E-state index in [1.165, 1.54) is 16.2 Å². The number of nitrogens with zero attached hydrogens (tertiary/aromatic N) is 3. The van der Waals surface area contributed by atoms with Gasteiger partial charge in [-0.1, -0.05) is 27.3 Å². The van der Waals surface area contributed by atoms with E-state index in [1.807, 2.05) is 0 Å². The predicted molar refractivity (Wildman–Crippen MR) is 56.7 cm³/mol. The molecule has 0 fully saturated rings. The molecule has 0 radical (unpaired) electrons. The number of aromatic nitrogens is 2. The predicted octanol–water partition coefficient (Wildman–Crippen LogP) is 2.31. The van der Waals surface area contributed by atoms with Crippen molar-refractivity contribution in [3.8, 4) is 0 Å². The van der Waals surface area contributed by atoms with Crippen molar-refractivity contribution < 1.29 is 8.78 Å². The molecule has 0 aromatic carbocycles. The van der Waals surface area contributed by atoms with Crippen molar-refractivity contribution in [3.63, 3.8) is 0 Å². The fraction of sp³-hybridized carbons (Fsp3) is 0.714. The summed E-state index contributed by atoms with van der Waals surface area (Å²) in [7, 11) is 0. The summed E-state index contributed by atoms with van der Waals surface area (Å²) < 4.78 is 24.4. The maximum Gasteiger partial charge on any atom is 0.255 e. The van der Waals surface area contributed by atoms with Crippen molar-refractivity contribution in [1.82, 2.24) is 10.2 Å². The van der Waals surface area contributed by atoms with Gasteiger partial charge in [0.15, 0.2) is 0 Å². The van der Waals surface area contributed by atoms with E-state index >= 15 is 0 Å². The molecule has 14 heavy (non-hydrogen) atoms. The summed E-state index contributed by atoms with van der Waals surface area (Å²) in [5.74, 6) is 0. The highest BCUT2D eigenvalue weighted by atomic mass is 79.9. The van der Waals surface area contributed by atoms with Gasteiger partial charge in [-0.3, -0.25) is 0 Å². The number of rotatable bonds is 5. The van der Waals surface area contributed by atoms with Crippen molar-refractivity contribution >= 4 is 32.4 Å². The van der Waals surface area contributed by atoms with E-state index in [0.29, 0.717) is 17.0 Å². The molecule has 0 saturated carbocycles. The number of alkyl halides is 3. The van der Waals surface area contributed by atoms with Gasteiger partial charge in [-0.25, -0.2) is 8.78 Å². The number of anilines is 1. The Morgan fingerprint density at radius 3 is 2.64 bits per heavy atom. The molecule has 0 aliphatic rings. The number of hydrogen-bond donors (Lipinski definition) is 0. The maximum atomic E-state index is 12.2.